The zero-order valence-corrected chi connectivity index (χ0v) is 20.1. The van der Waals surface area contributed by atoms with Gasteiger partial charge in [-0.3, -0.25) is 4.57 Å². The molecule has 0 fully saturated rings. The molecule has 0 unspecified atom stereocenters. The van der Waals surface area contributed by atoms with Crippen molar-refractivity contribution in [2.45, 2.75) is 38.6 Å². The molecule has 0 spiro atoms. The van der Waals surface area contributed by atoms with Gasteiger partial charge in [0.1, 0.15) is 4.90 Å². The van der Waals surface area contributed by atoms with E-state index in [1.807, 2.05) is 39.8 Å². The molecular weight excluding hydrogens is 457 g/mol. The van der Waals surface area contributed by atoms with E-state index in [0.717, 1.165) is 16.6 Å². The third-order valence-electron chi connectivity index (χ3n) is 5.42. The molecule has 12 heteroatoms. The molecule has 0 aliphatic carbocycles. The zero-order chi connectivity index (χ0) is 24.8. The van der Waals surface area contributed by atoms with E-state index in [0.29, 0.717) is 12.1 Å². The molecule has 3 aromatic rings. The number of hydrogen-bond acceptors (Lipinski definition) is 7. The molecule has 1 aliphatic rings. The SMILES string of the molecule is CC(C)CN(/N=C/c1ccc2[nH]c(=O)n(C(C)C)c2c1)C1=NS(=O)(=O)c2cc(B(O)O)ccc21. The van der Waals surface area contributed by atoms with Gasteiger partial charge in [0, 0.05) is 18.2 Å². The molecule has 0 radical (unpaired) electrons. The number of rotatable bonds is 6. The minimum atomic E-state index is -4.01. The smallest absolute Gasteiger partial charge is 0.423 e. The van der Waals surface area contributed by atoms with Gasteiger partial charge in [0.15, 0.2) is 5.84 Å². The molecule has 0 amide bonds. The lowest BCUT2D eigenvalue weighted by atomic mass is 9.80. The molecule has 0 bridgehead atoms. The van der Waals surface area contributed by atoms with E-state index in [9.17, 15) is 23.3 Å². The van der Waals surface area contributed by atoms with Gasteiger partial charge in [0.2, 0.25) is 0 Å². The van der Waals surface area contributed by atoms with Crippen LogP contribution in [0.3, 0.4) is 0 Å². The van der Waals surface area contributed by atoms with Crippen molar-refractivity contribution in [1.82, 2.24) is 14.6 Å². The second kappa shape index (κ2) is 8.86. The Bertz CT molecular complexity index is 1470. The van der Waals surface area contributed by atoms with Crippen molar-refractivity contribution in [2.75, 3.05) is 6.54 Å². The first-order chi connectivity index (χ1) is 16.0. The fraction of sp³-hybridized carbons (Fsp3) is 0.318. The molecule has 1 aliphatic heterocycles. The van der Waals surface area contributed by atoms with Crippen LogP contribution in [0, 0.1) is 5.92 Å². The molecule has 34 heavy (non-hydrogen) atoms. The third-order valence-corrected chi connectivity index (χ3v) is 6.72. The van der Waals surface area contributed by atoms with Crippen LogP contribution in [0.5, 0.6) is 0 Å². The molecule has 10 nitrogen and oxygen atoms in total. The molecule has 3 N–H and O–H groups in total. The number of fused-ring (bicyclic) bond motifs is 2. The first kappa shape index (κ1) is 23.9. The Morgan fingerprint density at radius 2 is 1.91 bits per heavy atom. The monoisotopic (exact) mass is 483 g/mol. The summed E-state index contributed by atoms with van der Waals surface area (Å²) in [5, 5.41) is 24.9. The van der Waals surface area contributed by atoms with Gasteiger partial charge >= 0.3 is 12.8 Å². The highest BCUT2D eigenvalue weighted by atomic mass is 32.2. The van der Waals surface area contributed by atoms with Crippen LogP contribution in [-0.4, -0.2) is 58.7 Å². The second-order valence-corrected chi connectivity index (χ2v) is 10.5. The quantitative estimate of drug-likeness (QED) is 0.272. The Morgan fingerprint density at radius 3 is 2.56 bits per heavy atom. The normalized spacial score (nSPS) is 14.9. The van der Waals surface area contributed by atoms with Gasteiger partial charge in [-0.2, -0.15) is 13.5 Å². The molecule has 0 atom stereocenters. The van der Waals surface area contributed by atoms with Gasteiger partial charge in [-0.1, -0.05) is 32.0 Å². The Kier molecular flexibility index (Phi) is 6.23. The third kappa shape index (κ3) is 4.44. The molecular formula is C22H26BN5O5S. The molecule has 178 valence electrons. The van der Waals surface area contributed by atoms with Crippen molar-refractivity contribution in [3.05, 3.63) is 58.0 Å². The predicted molar refractivity (Wildman–Crippen MR) is 132 cm³/mol. The van der Waals surface area contributed by atoms with Gasteiger partial charge in [-0.25, -0.2) is 9.80 Å². The van der Waals surface area contributed by atoms with Crippen molar-refractivity contribution in [3.8, 4) is 0 Å². The fourth-order valence-corrected chi connectivity index (χ4v) is 5.14. The summed E-state index contributed by atoms with van der Waals surface area (Å²) in [6.45, 7) is 8.21. The highest BCUT2D eigenvalue weighted by Crippen LogP contribution is 2.27. The number of hydrogen-bond donors (Lipinski definition) is 3. The maximum Gasteiger partial charge on any atom is 0.488 e. The number of sulfonamides is 1. The van der Waals surface area contributed by atoms with E-state index in [1.165, 1.54) is 23.2 Å². The van der Waals surface area contributed by atoms with Crippen molar-refractivity contribution in [1.29, 1.82) is 0 Å². The lowest BCUT2D eigenvalue weighted by Gasteiger charge is -2.21. The van der Waals surface area contributed by atoms with Crippen LogP contribution in [-0.2, 0) is 10.0 Å². The summed E-state index contributed by atoms with van der Waals surface area (Å²) >= 11 is 0. The first-order valence-corrected chi connectivity index (χ1v) is 12.3. The number of nitrogens with one attached hydrogen (secondary N) is 1. The average Bonchev–Trinajstić information content (AvgIpc) is 3.22. The van der Waals surface area contributed by atoms with E-state index in [-0.39, 0.29) is 33.8 Å². The number of benzene rings is 2. The van der Waals surface area contributed by atoms with E-state index < -0.39 is 17.1 Å². The summed E-state index contributed by atoms with van der Waals surface area (Å²) in [4.78, 5) is 15.0. The molecule has 1 aromatic heterocycles. The summed E-state index contributed by atoms with van der Waals surface area (Å²) in [5.41, 5.74) is 2.42. The lowest BCUT2D eigenvalue weighted by Crippen LogP contribution is -2.32. The number of aromatic nitrogens is 2. The van der Waals surface area contributed by atoms with Crippen LogP contribution in [0.1, 0.15) is 44.9 Å². The van der Waals surface area contributed by atoms with E-state index >= 15 is 0 Å². The van der Waals surface area contributed by atoms with E-state index in [1.54, 1.807) is 16.8 Å². The topological polar surface area (TPSA) is 140 Å². The summed E-state index contributed by atoms with van der Waals surface area (Å²) in [6, 6.07) is 9.61. The van der Waals surface area contributed by atoms with Crippen molar-refractivity contribution < 1.29 is 18.5 Å². The van der Waals surface area contributed by atoms with Gasteiger partial charge in [-0.15, -0.1) is 4.40 Å². The van der Waals surface area contributed by atoms with Crippen LogP contribution in [0.4, 0.5) is 0 Å². The fourth-order valence-electron chi connectivity index (χ4n) is 3.90. The Balaban J connectivity index is 1.75. The van der Waals surface area contributed by atoms with Gasteiger partial charge in [0.25, 0.3) is 10.0 Å². The van der Waals surface area contributed by atoms with Crippen LogP contribution in [0.15, 0.2) is 55.6 Å². The van der Waals surface area contributed by atoms with Gasteiger partial charge in [0.05, 0.1) is 17.2 Å². The number of aromatic amines is 1. The lowest BCUT2D eigenvalue weighted by molar-refractivity contribution is 0.386. The molecule has 2 aromatic carbocycles. The maximum atomic E-state index is 12.7. The molecule has 0 saturated heterocycles. The largest absolute Gasteiger partial charge is 0.488 e. The average molecular weight is 483 g/mol. The number of nitrogens with zero attached hydrogens (tertiary/aromatic N) is 4. The van der Waals surface area contributed by atoms with Crippen LogP contribution < -0.4 is 11.2 Å². The standard InChI is InChI=1S/C22H26BN5O5S/c1-13(2)12-27(21-17-7-6-16(23(30)31)10-20(17)34(32,33)26-21)24-11-15-5-8-18-19(9-15)28(14(3)4)22(29)25-18/h5-11,13-14,30-31H,12H2,1-4H3,(H,25,29)/b24-11+. The summed E-state index contributed by atoms with van der Waals surface area (Å²) < 4.78 is 31.0. The first-order valence-electron chi connectivity index (χ1n) is 10.9. The van der Waals surface area contributed by atoms with E-state index in [4.69, 9.17) is 0 Å². The van der Waals surface area contributed by atoms with Crippen molar-refractivity contribution >= 4 is 45.7 Å². The maximum absolute atomic E-state index is 12.7. The summed E-state index contributed by atoms with van der Waals surface area (Å²) in [6.07, 6.45) is 1.60. The highest BCUT2D eigenvalue weighted by Gasteiger charge is 2.33. The second-order valence-electron chi connectivity index (χ2n) is 8.91. The number of H-pyrrole nitrogens is 1. The Hall–Kier alpha value is -3.22. The van der Waals surface area contributed by atoms with Crippen molar-refractivity contribution in [2.24, 2.45) is 15.4 Å². The Morgan fingerprint density at radius 1 is 1.18 bits per heavy atom. The summed E-state index contributed by atoms with van der Waals surface area (Å²) in [5.74, 6) is 0.309. The minimum Gasteiger partial charge on any atom is -0.423 e. The summed E-state index contributed by atoms with van der Waals surface area (Å²) in [7, 11) is -5.80. The molecule has 4 rings (SSSR count). The highest BCUT2D eigenvalue weighted by molar-refractivity contribution is 7.90. The molecule has 0 saturated carbocycles. The van der Waals surface area contributed by atoms with Crippen LogP contribution in [0.25, 0.3) is 11.0 Å². The number of hydrazone groups is 1. The number of imidazole rings is 1. The minimum absolute atomic E-state index is 0.0252. The van der Waals surface area contributed by atoms with Crippen molar-refractivity contribution in [3.63, 3.8) is 0 Å². The Labute approximate surface area is 197 Å². The van der Waals surface area contributed by atoms with Gasteiger partial charge in [-0.05, 0) is 49.0 Å². The number of amidine groups is 1. The zero-order valence-electron chi connectivity index (χ0n) is 19.3. The van der Waals surface area contributed by atoms with Gasteiger partial charge < -0.3 is 15.0 Å². The predicted octanol–water partition coefficient (Wildman–Crippen LogP) is 1.03. The molecule has 2 heterocycles. The van der Waals surface area contributed by atoms with E-state index in [2.05, 4.69) is 14.5 Å². The van der Waals surface area contributed by atoms with Crippen LogP contribution >= 0.6 is 0 Å². The van der Waals surface area contributed by atoms with Crippen LogP contribution in [0.2, 0.25) is 0 Å².